The molecule has 3 amide bonds. The maximum absolute atomic E-state index is 13.1. The molecule has 2 aromatic rings. The average molecular weight is 485 g/mol. The van der Waals surface area contributed by atoms with E-state index >= 15 is 0 Å². The van der Waals surface area contributed by atoms with Gasteiger partial charge in [-0.25, -0.2) is 9.69 Å². The van der Waals surface area contributed by atoms with Gasteiger partial charge in [0.1, 0.15) is 11.7 Å². The number of rotatable bonds is 11. The molecule has 1 heterocycles. The number of anilines is 2. The molecule has 0 saturated carbocycles. The Kier molecular flexibility index (Phi) is 8.83. The highest BCUT2D eigenvalue weighted by atomic mass is 79.9. The number of ketones is 1. The van der Waals surface area contributed by atoms with Crippen molar-refractivity contribution in [3.8, 4) is 0 Å². The van der Waals surface area contributed by atoms with E-state index in [1.165, 1.54) is 25.7 Å². The van der Waals surface area contributed by atoms with Crippen LogP contribution < -0.4 is 10.2 Å². The maximum Gasteiger partial charge on any atom is 0.333 e. The van der Waals surface area contributed by atoms with Crippen LogP contribution in [0.15, 0.2) is 54.6 Å². The number of Topliss-reactive ketones (excluding diaryl/α,β-unsaturated/α-hetero) is 1. The van der Waals surface area contributed by atoms with Crippen molar-refractivity contribution in [3.05, 3.63) is 60.2 Å². The van der Waals surface area contributed by atoms with Gasteiger partial charge in [-0.3, -0.25) is 9.59 Å². The zero-order chi connectivity index (χ0) is 22.1. The lowest BCUT2D eigenvalue weighted by molar-refractivity contribution is -0.128. The quantitative estimate of drug-likeness (QED) is 0.227. The maximum atomic E-state index is 13.1. The fraction of sp³-hybridized carbons (Fsp3) is 0.400. The van der Waals surface area contributed by atoms with E-state index in [9.17, 15) is 14.4 Å². The molecule has 1 unspecified atom stereocenters. The Bertz CT molecular complexity index is 901. The van der Waals surface area contributed by atoms with Gasteiger partial charge < -0.3 is 5.32 Å². The number of nitrogens with zero attached hydrogens (tertiary/aromatic N) is 1. The van der Waals surface area contributed by atoms with Gasteiger partial charge in [0, 0.05) is 17.4 Å². The topological polar surface area (TPSA) is 66.5 Å². The number of hydrogen-bond donors (Lipinski definition) is 1. The molecule has 5 nitrogen and oxygen atoms in total. The van der Waals surface area contributed by atoms with Crippen molar-refractivity contribution < 1.29 is 14.4 Å². The summed E-state index contributed by atoms with van der Waals surface area (Å²) < 4.78 is 0. The van der Waals surface area contributed by atoms with Crippen LogP contribution in [0, 0.1) is 0 Å². The highest BCUT2D eigenvalue weighted by Crippen LogP contribution is 2.39. The summed E-state index contributed by atoms with van der Waals surface area (Å²) in [6.07, 6.45) is 8.07. The number of unbranched alkanes of at least 4 members (excludes halogenated alkanes) is 6. The Morgan fingerprint density at radius 2 is 1.45 bits per heavy atom. The summed E-state index contributed by atoms with van der Waals surface area (Å²) in [6.45, 7) is 0. The number of amides is 3. The second-order valence-electron chi connectivity index (χ2n) is 7.84. The summed E-state index contributed by atoms with van der Waals surface area (Å²) in [4.78, 5) is 40.0. The van der Waals surface area contributed by atoms with Crippen LogP contribution in [-0.4, -0.2) is 23.1 Å². The van der Waals surface area contributed by atoms with Crippen molar-refractivity contribution in [3.63, 3.8) is 0 Å². The van der Waals surface area contributed by atoms with Crippen molar-refractivity contribution >= 4 is 45.0 Å². The molecule has 0 saturated heterocycles. The van der Waals surface area contributed by atoms with Gasteiger partial charge >= 0.3 is 6.03 Å². The third-order valence-electron chi connectivity index (χ3n) is 5.56. The van der Waals surface area contributed by atoms with Crippen molar-refractivity contribution in [2.24, 2.45) is 0 Å². The number of benzene rings is 2. The van der Waals surface area contributed by atoms with Crippen LogP contribution in [0.1, 0.15) is 62.8 Å². The van der Waals surface area contributed by atoms with Crippen LogP contribution in [0.3, 0.4) is 0 Å². The first-order chi connectivity index (χ1) is 15.1. The van der Waals surface area contributed by atoms with E-state index < -0.39 is 17.9 Å². The van der Waals surface area contributed by atoms with Crippen LogP contribution in [0.25, 0.3) is 0 Å². The van der Waals surface area contributed by atoms with Gasteiger partial charge in [0.15, 0.2) is 0 Å². The summed E-state index contributed by atoms with van der Waals surface area (Å²) in [5.41, 5.74) is 1.71. The molecule has 0 bridgehead atoms. The lowest BCUT2D eigenvalue weighted by Crippen LogP contribution is -2.39. The molecule has 1 aliphatic rings. The number of fused-ring (bicyclic) bond motifs is 1. The number of nitrogens with one attached hydrogen (secondary N) is 1. The third kappa shape index (κ3) is 6.03. The van der Waals surface area contributed by atoms with Gasteiger partial charge in [-0.05, 0) is 36.6 Å². The first kappa shape index (κ1) is 23.2. The number of imide groups is 1. The van der Waals surface area contributed by atoms with Gasteiger partial charge in [-0.1, -0.05) is 84.4 Å². The second kappa shape index (κ2) is 11.8. The smallest absolute Gasteiger partial charge is 0.307 e. The summed E-state index contributed by atoms with van der Waals surface area (Å²) in [7, 11) is 0. The molecule has 0 radical (unpaired) electrons. The number of para-hydroxylation sites is 2. The van der Waals surface area contributed by atoms with Crippen molar-refractivity contribution in [2.45, 2.75) is 57.3 Å². The lowest BCUT2D eigenvalue weighted by Gasteiger charge is -2.17. The second-order valence-corrected chi connectivity index (χ2v) is 8.63. The standard InChI is InChI=1S/C25H29BrN2O3/c26-18-12-5-3-1-2-4-9-17-22(29)23-20-15-10-11-16-21(20)28(24(23)30)25(31)27-19-13-7-6-8-14-19/h6-8,10-11,13-16,23H,1-5,9,12,17-18H2,(H,27,31). The molecule has 6 heteroatoms. The number of urea groups is 1. The van der Waals surface area contributed by atoms with E-state index in [0.29, 0.717) is 23.4 Å². The predicted octanol–water partition coefficient (Wildman–Crippen LogP) is 6.43. The molecular weight excluding hydrogens is 456 g/mol. The SMILES string of the molecule is O=C(CCCCCCCCCBr)C1C(=O)N(C(=O)Nc2ccccc2)c2ccccc21. The fourth-order valence-corrected chi connectivity index (χ4v) is 4.36. The Morgan fingerprint density at radius 1 is 0.839 bits per heavy atom. The summed E-state index contributed by atoms with van der Waals surface area (Å²) >= 11 is 3.44. The lowest BCUT2D eigenvalue weighted by atomic mass is 9.93. The highest BCUT2D eigenvalue weighted by molar-refractivity contribution is 9.09. The van der Waals surface area contributed by atoms with Crippen molar-refractivity contribution in [1.82, 2.24) is 0 Å². The minimum absolute atomic E-state index is 0.105. The molecule has 0 aromatic heterocycles. The van der Waals surface area contributed by atoms with Gasteiger partial charge in [-0.2, -0.15) is 0 Å². The molecule has 0 fully saturated rings. The molecule has 31 heavy (non-hydrogen) atoms. The van der Waals surface area contributed by atoms with Crippen molar-refractivity contribution in [2.75, 3.05) is 15.5 Å². The fourth-order valence-electron chi connectivity index (χ4n) is 3.96. The monoisotopic (exact) mass is 484 g/mol. The van der Waals surface area contributed by atoms with E-state index in [4.69, 9.17) is 0 Å². The molecule has 1 atom stereocenters. The summed E-state index contributed by atoms with van der Waals surface area (Å²) in [5, 5.41) is 3.80. The number of carbonyl (C=O) groups is 3. The molecule has 164 valence electrons. The Morgan fingerprint density at radius 3 is 2.16 bits per heavy atom. The van der Waals surface area contributed by atoms with Crippen LogP contribution >= 0.6 is 15.9 Å². The molecule has 2 aromatic carbocycles. The average Bonchev–Trinajstić information content (AvgIpc) is 3.08. The zero-order valence-corrected chi connectivity index (χ0v) is 19.3. The minimum atomic E-state index is -0.892. The Labute approximate surface area is 192 Å². The first-order valence-corrected chi connectivity index (χ1v) is 12.1. The highest BCUT2D eigenvalue weighted by Gasteiger charge is 2.44. The molecule has 1 N–H and O–H groups in total. The molecule has 3 rings (SSSR count). The Hall–Kier alpha value is -2.47. The van der Waals surface area contributed by atoms with Gasteiger partial charge in [-0.15, -0.1) is 0 Å². The molecular formula is C25H29BrN2O3. The van der Waals surface area contributed by atoms with E-state index in [2.05, 4.69) is 21.2 Å². The van der Waals surface area contributed by atoms with Crippen molar-refractivity contribution in [1.29, 1.82) is 0 Å². The van der Waals surface area contributed by atoms with E-state index in [0.717, 1.165) is 29.5 Å². The van der Waals surface area contributed by atoms with Crippen LogP contribution in [0.4, 0.5) is 16.2 Å². The van der Waals surface area contributed by atoms with Crippen LogP contribution in [-0.2, 0) is 9.59 Å². The first-order valence-electron chi connectivity index (χ1n) is 11.0. The summed E-state index contributed by atoms with van der Waals surface area (Å²) in [6, 6.07) is 15.5. The molecule has 0 aliphatic carbocycles. The van der Waals surface area contributed by atoms with E-state index in [1.54, 1.807) is 36.4 Å². The number of alkyl halides is 1. The van der Waals surface area contributed by atoms with E-state index in [-0.39, 0.29) is 5.78 Å². The van der Waals surface area contributed by atoms with Gasteiger partial charge in [0.05, 0.1) is 5.69 Å². The zero-order valence-electron chi connectivity index (χ0n) is 17.7. The third-order valence-corrected chi connectivity index (χ3v) is 6.12. The number of hydrogen-bond acceptors (Lipinski definition) is 3. The van der Waals surface area contributed by atoms with Crippen LogP contribution in [0.2, 0.25) is 0 Å². The largest absolute Gasteiger partial charge is 0.333 e. The number of halogens is 1. The van der Waals surface area contributed by atoms with E-state index in [1.807, 2.05) is 18.2 Å². The van der Waals surface area contributed by atoms with Crippen LogP contribution in [0.5, 0.6) is 0 Å². The molecule has 1 aliphatic heterocycles. The van der Waals surface area contributed by atoms with Gasteiger partial charge in [0.25, 0.3) is 0 Å². The predicted molar refractivity (Wildman–Crippen MR) is 128 cm³/mol. The Balaban J connectivity index is 1.59. The van der Waals surface area contributed by atoms with Gasteiger partial charge in [0.2, 0.25) is 5.91 Å². The summed E-state index contributed by atoms with van der Waals surface area (Å²) in [5.74, 6) is -1.46. The molecule has 0 spiro atoms. The normalized spacial score (nSPS) is 15.1. The number of carbonyl (C=O) groups excluding carboxylic acids is 3. The minimum Gasteiger partial charge on any atom is -0.307 e.